The molecule has 2 fully saturated rings. The fourth-order valence-electron chi connectivity index (χ4n) is 6.29. The third-order valence-electron chi connectivity index (χ3n) is 7.81. The maximum Gasteiger partial charge on any atom is 0.0883 e. The Morgan fingerprint density at radius 1 is 1.22 bits per heavy atom. The molecule has 0 unspecified atom stereocenters. The van der Waals surface area contributed by atoms with E-state index in [1.165, 1.54) is 31.3 Å². The summed E-state index contributed by atoms with van der Waals surface area (Å²) in [5.41, 5.74) is 1.35. The fourth-order valence-corrected chi connectivity index (χ4v) is 6.29. The van der Waals surface area contributed by atoms with Gasteiger partial charge in [0.25, 0.3) is 0 Å². The molecule has 3 rings (SSSR count). The van der Waals surface area contributed by atoms with Crippen molar-refractivity contribution in [2.75, 3.05) is 6.61 Å². The highest BCUT2D eigenvalue weighted by Crippen LogP contribution is 2.63. The van der Waals surface area contributed by atoms with E-state index in [1.807, 2.05) is 6.92 Å². The first kappa shape index (κ1) is 17.4. The normalized spacial score (nSPS) is 47.3. The summed E-state index contributed by atoms with van der Waals surface area (Å²) in [5.74, 6) is 1.14. The molecule has 3 nitrogen and oxygen atoms in total. The van der Waals surface area contributed by atoms with Crippen molar-refractivity contribution >= 4 is 0 Å². The minimum Gasteiger partial charge on any atom is -0.394 e. The van der Waals surface area contributed by atoms with Gasteiger partial charge in [0.15, 0.2) is 0 Å². The van der Waals surface area contributed by atoms with Crippen molar-refractivity contribution in [2.24, 2.45) is 28.1 Å². The molecule has 0 bridgehead atoms. The minimum absolute atomic E-state index is 0.262. The van der Waals surface area contributed by atoms with Crippen LogP contribution in [0.25, 0.3) is 0 Å². The second kappa shape index (κ2) is 5.57. The highest BCUT2D eigenvalue weighted by molar-refractivity contribution is 5.26. The summed E-state index contributed by atoms with van der Waals surface area (Å²) in [6.07, 6.45) is 7.49. The number of allylic oxidation sites excluding steroid dienone is 1. The SMILES string of the molecule is CC1(C)CCC[C@@]2(C)[C@@H]3C[C@@H](O)[C@](C)([C@H](O)CO)C=C3CC[C@H]12. The topological polar surface area (TPSA) is 60.7 Å². The van der Waals surface area contributed by atoms with E-state index in [4.69, 9.17) is 0 Å². The Balaban J connectivity index is 1.98. The van der Waals surface area contributed by atoms with E-state index in [1.54, 1.807) is 0 Å². The Bertz CT molecular complexity index is 497. The van der Waals surface area contributed by atoms with E-state index >= 15 is 0 Å². The summed E-state index contributed by atoms with van der Waals surface area (Å²) in [6, 6.07) is 0. The smallest absolute Gasteiger partial charge is 0.0883 e. The molecule has 0 aromatic heterocycles. The molecule has 3 N–H and O–H groups in total. The molecule has 3 aliphatic carbocycles. The van der Waals surface area contributed by atoms with Crippen LogP contribution in [0, 0.1) is 28.1 Å². The van der Waals surface area contributed by atoms with Crippen LogP contribution in [0.5, 0.6) is 0 Å². The lowest BCUT2D eigenvalue weighted by Gasteiger charge is -2.60. The number of hydrogen-bond acceptors (Lipinski definition) is 3. The molecule has 23 heavy (non-hydrogen) atoms. The quantitative estimate of drug-likeness (QED) is 0.684. The summed E-state index contributed by atoms with van der Waals surface area (Å²) >= 11 is 0. The van der Waals surface area contributed by atoms with Gasteiger partial charge < -0.3 is 15.3 Å². The van der Waals surface area contributed by atoms with Crippen molar-refractivity contribution < 1.29 is 15.3 Å². The van der Waals surface area contributed by atoms with Gasteiger partial charge in [-0.2, -0.15) is 0 Å². The molecule has 0 spiro atoms. The number of aliphatic hydroxyl groups is 3. The van der Waals surface area contributed by atoms with Crippen LogP contribution in [-0.4, -0.2) is 34.1 Å². The Hall–Kier alpha value is -0.380. The summed E-state index contributed by atoms with van der Waals surface area (Å²) in [7, 11) is 0. The maximum atomic E-state index is 10.8. The zero-order valence-corrected chi connectivity index (χ0v) is 15.2. The Morgan fingerprint density at radius 2 is 1.91 bits per heavy atom. The lowest BCUT2D eigenvalue weighted by Crippen LogP contribution is -2.55. The molecule has 0 saturated heterocycles. The lowest BCUT2D eigenvalue weighted by molar-refractivity contribution is -0.105. The first-order valence-electron chi connectivity index (χ1n) is 9.34. The highest BCUT2D eigenvalue weighted by Gasteiger charge is 2.56. The van der Waals surface area contributed by atoms with Crippen LogP contribution in [0.1, 0.15) is 66.2 Å². The standard InChI is InChI=1S/C20H34O3/c1-18(2)8-5-9-19(3)14-10-16(22)20(4,17(23)12-21)11-13(14)6-7-15(18)19/h11,14-17,21-23H,5-10,12H2,1-4H3/t14-,15-,16-,17-,19+,20-/m1/s1. The predicted molar refractivity (Wildman–Crippen MR) is 91.9 cm³/mol. The van der Waals surface area contributed by atoms with Crippen molar-refractivity contribution in [1.29, 1.82) is 0 Å². The Labute approximate surface area is 140 Å². The van der Waals surface area contributed by atoms with Crippen LogP contribution in [-0.2, 0) is 0 Å². The number of fused-ring (bicyclic) bond motifs is 3. The van der Waals surface area contributed by atoms with Gasteiger partial charge in [-0.1, -0.05) is 45.8 Å². The zero-order valence-electron chi connectivity index (χ0n) is 15.2. The first-order valence-corrected chi connectivity index (χ1v) is 9.34. The van der Waals surface area contributed by atoms with Gasteiger partial charge in [-0.05, 0) is 54.8 Å². The van der Waals surface area contributed by atoms with Crippen LogP contribution >= 0.6 is 0 Å². The van der Waals surface area contributed by atoms with E-state index in [0.717, 1.165) is 12.8 Å². The second-order valence-corrected chi connectivity index (χ2v) is 9.53. The molecule has 0 aliphatic heterocycles. The largest absolute Gasteiger partial charge is 0.394 e. The van der Waals surface area contributed by atoms with Crippen molar-refractivity contribution in [3.63, 3.8) is 0 Å². The molecule has 0 aromatic carbocycles. The van der Waals surface area contributed by atoms with Crippen LogP contribution in [0.15, 0.2) is 11.6 Å². The van der Waals surface area contributed by atoms with Crippen LogP contribution < -0.4 is 0 Å². The summed E-state index contributed by atoms with van der Waals surface area (Å²) in [4.78, 5) is 0. The second-order valence-electron chi connectivity index (χ2n) is 9.53. The number of hydrogen-bond donors (Lipinski definition) is 3. The van der Waals surface area contributed by atoms with E-state index in [0.29, 0.717) is 17.3 Å². The molecule has 0 radical (unpaired) electrons. The molecule has 132 valence electrons. The van der Waals surface area contributed by atoms with Gasteiger partial charge in [0, 0.05) is 5.41 Å². The van der Waals surface area contributed by atoms with Crippen LogP contribution in [0.2, 0.25) is 0 Å². The zero-order chi connectivity index (χ0) is 17.0. The van der Waals surface area contributed by atoms with E-state index in [9.17, 15) is 15.3 Å². The average Bonchev–Trinajstić information content (AvgIpc) is 2.47. The monoisotopic (exact) mass is 322 g/mol. The molecule has 6 atom stereocenters. The van der Waals surface area contributed by atoms with Crippen molar-refractivity contribution in [3.05, 3.63) is 11.6 Å². The fraction of sp³-hybridized carbons (Fsp3) is 0.900. The lowest BCUT2D eigenvalue weighted by atomic mass is 9.45. The predicted octanol–water partition coefficient (Wildman–Crippen LogP) is 3.28. The summed E-state index contributed by atoms with van der Waals surface area (Å²) < 4.78 is 0. The highest BCUT2D eigenvalue weighted by atomic mass is 16.3. The average molecular weight is 322 g/mol. The van der Waals surface area contributed by atoms with Gasteiger partial charge >= 0.3 is 0 Å². The number of rotatable bonds is 2. The summed E-state index contributed by atoms with van der Waals surface area (Å²) in [5, 5.41) is 30.4. The number of aliphatic hydroxyl groups excluding tert-OH is 3. The minimum atomic E-state index is -0.890. The van der Waals surface area contributed by atoms with Gasteiger partial charge in [-0.25, -0.2) is 0 Å². The molecule has 0 heterocycles. The summed E-state index contributed by atoms with van der Waals surface area (Å²) in [6.45, 7) is 8.87. The van der Waals surface area contributed by atoms with Crippen molar-refractivity contribution in [1.82, 2.24) is 0 Å². The van der Waals surface area contributed by atoms with Gasteiger partial charge in [0.1, 0.15) is 0 Å². The van der Waals surface area contributed by atoms with Gasteiger partial charge in [0.05, 0.1) is 18.8 Å². The van der Waals surface area contributed by atoms with Crippen LogP contribution in [0.3, 0.4) is 0 Å². The maximum absolute atomic E-state index is 10.8. The Kier molecular flexibility index (Phi) is 4.23. The molecule has 2 saturated carbocycles. The third-order valence-corrected chi connectivity index (χ3v) is 7.81. The first-order chi connectivity index (χ1) is 10.6. The van der Waals surface area contributed by atoms with Gasteiger partial charge in [-0.3, -0.25) is 0 Å². The molecular formula is C20H34O3. The van der Waals surface area contributed by atoms with Crippen molar-refractivity contribution in [2.45, 2.75) is 78.4 Å². The van der Waals surface area contributed by atoms with Crippen molar-refractivity contribution in [3.8, 4) is 0 Å². The van der Waals surface area contributed by atoms with Crippen LogP contribution in [0.4, 0.5) is 0 Å². The van der Waals surface area contributed by atoms with E-state index in [-0.39, 0.29) is 12.0 Å². The Morgan fingerprint density at radius 3 is 2.57 bits per heavy atom. The molecule has 0 amide bonds. The molecular weight excluding hydrogens is 288 g/mol. The molecule has 3 heteroatoms. The van der Waals surface area contributed by atoms with E-state index < -0.39 is 17.6 Å². The molecule has 3 aliphatic rings. The van der Waals surface area contributed by atoms with Gasteiger partial charge in [-0.15, -0.1) is 0 Å². The molecule has 0 aromatic rings. The van der Waals surface area contributed by atoms with Gasteiger partial charge in [0.2, 0.25) is 0 Å². The van der Waals surface area contributed by atoms with E-state index in [2.05, 4.69) is 26.8 Å². The third kappa shape index (κ3) is 2.51.